The second kappa shape index (κ2) is 4.24. The van der Waals surface area contributed by atoms with Crippen LogP contribution in [0.2, 0.25) is 0 Å². The predicted octanol–water partition coefficient (Wildman–Crippen LogP) is 2.27. The van der Waals surface area contributed by atoms with Crippen molar-refractivity contribution in [2.24, 2.45) is 0 Å². The molecule has 0 atom stereocenters. The van der Waals surface area contributed by atoms with Gasteiger partial charge >= 0.3 is 0 Å². The van der Waals surface area contributed by atoms with Gasteiger partial charge in [0.1, 0.15) is 0 Å². The first-order valence-electron chi connectivity index (χ1n) is 6.09. The van der Waals surface area contributed by atoms with Gasteiger partial charge in [-0.1, -0.05) is 18.2 Å². The topological polar surface area (TPSA) is 29.5 Å². The highest BCUT2D eigenvalue weighted by Crippen LogP contribution is 2.29. The minimum Gasteiger partial charge on any atom is -0.488 e. The number of nitrogens with zero attached hydrogens (tertiary/aromatic N) is 1. The Bertz CT molecular complexity index is 479. The molecule has 3 rings (SSSR count). The minimum atomic E-state index is 0.00894. The number of anilines is 1. The molecule has 3 nitrogen and oxygen atoms in total. The molecule has 2 heterocycles. The Morgan fingerprint density at radius 2 is 2.18 bits per heavy atom. The van der Waals surface area contributed by atoms with Crippen LogP contribution >= 0.6 is 0 Å². The Balaban J connectivity index is 1.87. The lowest BCUT2D eigenvalue weighted by Crippen LogP contribution is -2.31. The first-order valence-corrected chi connectivity index (χ1v) is 6.09. The van der Waals surface area contributed by atoms with Crippen LogP contribution in [0.3, 0.4) is 0 Å². The molecule has 2 aliphatic rings. The Hall–Kier alpha value is -1.77. The van der Waals surface area contributed by atoms with E-state index in [0.29, 0.717) is 12.4 Å². The fraction of sp³-hybridized carbons (Fsp3) is 0.357. The summed E-state index contributed by atoms with van der Waals surface area (Å²) in [7, 11) is 0. The predicted molar refractivity (Wildman–Crippen MR) is 65.8 cm³/mol. The van der Waals surface area contributed by atoms with Gasteiger partial charge in [0.05, 0.1) is 6.61 Å². The first-order chi connectivity index (χ1) is 8.36. The molecule has 0 saturated carbocycles. The summed E-state index contributed by atoms with van der Waals surface area (Å²) >= 11 is 0. The van der Waals surface area contributed by atoms with Crippen LogP contribution in [0.5, 0.6) is 0 Å². The van der Waals surface area contributed by atoms with Crippen molar-refractivity contribution < 1.29 is 9.53 Å². The molecular formula is C14H15NO2. The first kappa shape index (κ1) is 10.4. The highest BCUT2D eigenvalue weighted by molar-refractivity contribution is 6.05. The smallest absolute Gasteiger partial charge is 0.293 e. The maximum absolute atomic E-state index is 12.3. The number of rotatable bonds is 1. The molecule has 0 radical (unpaired) electrons. The summed E-state index contributed by atoms with van der Waals surface area (Å²) in [4.78, 5) is 14.1. The third-order valence-corrected chi connectivity index (χ3v) is 3.28. The van der Waals surface area contributed by atoms with E-state index in [0.717, 1.165) is 31.5 Å². The van der Waals surface area contributed by atoms with Crippen molar-refractivity contribution >= 4 is 11.6 Å². The summed E-state index contributed by atoms with van der Waals surface area (Å²) in [6, 6.07) is 8.08. The van der Waals surface area contributed by atoms with Gasteiger partial charge in [0.2, 0.25) is 0 Å². The zero-order chi connectivity index (χ0) is 11.7. The number of para-hydroxylation sites is 1. The zero-order valence-electron chi connectivity index (χ0n) is 9.69. The molecule has 0 aromatic heterocycles. The van der Waals surface area contributed by atoms with Crippen LogP contribution in [0.1, 0.15) is 18.4 Å². The largest absolute Gasteiger partial charge is 0.488 e. The third kappa shape index (κ3) is 1.82. The number of hydrogen-bond donors (Lipinski definition) is 0. The van der Waals surface area contributed by atoms with Crippen molar-refractivity contribution in [2.45, 2.75) is 19.3 Å². The molecule has 0 unspecified atom stereocenters. The highest BCUT2D eigenvalue weighted by Gasteiger charge is 2.27. The van der Waals surface area contributed by atoms with E-state index in [1.54, 1.807) is 0 Å². The second-order valence-corrected chi connectivity index (χ2v) is 4.39. The van der Waals surface area contributed by atoms with Gasteiger partial charge in [-0.05, 0) is 37.0 Å². The quantitative estimate of drug-likeness (QED) is 0.739. The lowest BCUT2D eigenvalue weighted by Gasteiger charge is -2.21. The van der Waals surface area contributed by atoms with Crippen molar-refractivity contribution in [3.63, 3.8) is 0 Å². The van der Waals surface area contributed by atoms with Crippen molar-refractivity contribution in [3.8, 4) is 0 Å². The average Bonchev–Trinajstić information content (AvgIpc) is 2.83. The monoisotopic (exact) mass is 229 g/mol. The molecule has 1 amide bonds. The number of carbonyl (C=O) groups excluding carboxylic acids is 1. The van der Waals surface area contributed by atoms with Crippen molar-refractivity contribution in [1.29, 1.82) is 0 Å². The van der Waals surface area contributed by atoms with E-state index in [1.807, 2.05) is 29.2 Å². The molecule has 1 aromatic rings. The maximum Gasteiger partial charge on any atom is 0.293 e. The van der Waals surface area contributed by atoms with E-state index in [4.69, 9.17) is 4.74 Å². The molecule has 0 aliphatic carbocycles. The summed E-state index contributed by atoms with van der Waals surface area (Å²) in [5.41, 5.74) is 2.28. The molecule has 88 valence electrons. The summed E-state index contributed by atoms with van der Waals surface area (Å²) in [6.07, 6.45) is 4.80. The normalized spacial score (nSPS) is 18.4. The number of allylic oxidation sites excluding steroid dienone is 1. The number of hydrogen-bond acceptors (Lipinski definition) is 2. The average molecular weight is 229 g/mol. The van der Waals surface area contributed by atoms with E-state index in [1.165, 1.54) is 5.56 Å². The van der Waals surface area contributed by atoms with Gasteiger partial charge in [-0.2, -0.15) is 0 Å². The summed E-state index contributed by atoms with van der Waals surface area (Å²) in [6.45, 7) is 1.42. The van der Waals surface area contributed by atoms with Crippen molar-refractivity contribution in [3.05, 3.63) is 41.7 Å². The van der Waals surface area contributed by atoms with Crippen LogP contribution in [-0.4, -0.2) is 19.1 Å². The molecule has 3 heteroatoms. The zero-order valence-corrected chi connectivity index (χ0v) is 9.69. The van der Waals surface area contributed by atoms with Gasteiger partial charge in [-0.3, -0.25) is 4.79 Å². The number of amides is 1. The molecule has 0 N–H and O–H groups in total. The van der Waals surface area contributed by atoms with E-state index in [-0.39, 0.29) is 5.91 Å². The summed E-state index contributed by atoms with van der Waals surface area (Å²) in [5, 5.41) is 0. The van der Waals surface area contributed by atoms with Crippen molar-refractivity contribution in [1.82, 2.24) is 0 Å². The Morgan fingerprint density at radius 1 is 1.29 bits per heavy atom. The number of carbonyl (C=O) groups is 1. The lowest BCUT2D eigenvalue weighted by molar-refractivity contribution is -0.118. The van der Waals surface area contributed by atoms with E-state index in [9.17, 15) is 4.79 Å². The molecule has 1 aromatic carbocycles. The molecule has 0 fully saturated rings. The molecule has 0 saturated heterocycles. The Morgan fingerprint density at radius 3 is 3.00 bits per heavy atom. The second-order valence-electron chi connectivity index (χ2n) is 4.39. The minimum absolute atomic E-state index is 0.00894. The van der Waals surface area contributed by atoms with Crippen LogP contribution in [0.25, 0.3) is 0 Å². The lowest BCUT2D eigenvalue weighted by atomic mass is 10.2. The number of ether oxygens (including phenoxy) is 1. The van der Waals surface area contributed by atoms with E-state index in [2.05, 4.69) is 6.07 Å². The molecule has 2 aliphatic heterocycles. The Kier molecular flexibility index (Phi) is 2.59. The SMILES string of the molecule is O=C(C1=CCCCO1)N1CCc2ccccc21. The van der Waals surface area contributed by atoms with Crippen molar-refractivity contribution in [2.75, 3.05) is 18.1 Å². The fourth-order valence-electron chi connectivity index (χ4n) is 2.39. The third-order valence-electron chi connectivity index (χ3n) is 3.28. The summed E-state index contributed by atoms with van der Waals surface area (Å²) < 4.78 is 5.44. The highest BCUT2D eigenvalue weighted by atomic mass is 16.5. The Labute approximate surface area is 101 Å². The van der Waals surface area contributed by atoms with Gasteiger partial charge in [0.15, 0.2) is 5.76 Å². The van der Waals surface area contributed by atoms with Gasteiger partial charge < -0.3 is 9.64 Å². The number of benzene rings is 1. The van der Waals surface area contributed by atoms with Crippen LogP contribution in [0.15, 0.2) is 36.1 Å². The van der Waals surface area contributed by atoms with Crippen LogP contribution in [0.4, 0.5) is 5.69 Å². The fourth-order valence-corrected chi connectivity index (χ4v) is 2.39. The van der Waals surface area contributed by atoms with E-state index >= 15 is 0 Å². The molecular weight excluding hydrogens is 214 g/mol. The van der Waals surface area contributed by atoms with Gasteiger partial charge in [0, 0.05) is 12.2 Å². The van der Waals surface area contributed by atoms with Gasteiger partial charge in [-0.15, -0.1) is 0 Å². The van der Waals surface area contributed by atoms with Gasteiger partial charge in [0.25, 0.3) is 5.91 Å². The molecule has 0 bridgehead atoms. The number of fused-ring (bicyclic) bond motifs is 1. The van der Waals surface area contributed by atoms with E-state index < -0.39 is 0 Å². The van der Waals surface area contributed by atoms with Gasteiger partial charge in [-0.25, -0.2) is 0 Å². The molecule has 0 spiro atoms. The maximum atomic E-state index is 12.3. The standard InChI is InChI=1S/C14H15NO2/c16-14(13-7-3-4-10-17-13)15-9-8-11-5-1-2-6-12(11)15/h1-2,5-7H,3-4,8-10H2. The van der Waals surface area contributed by atoms with Crippen LogP contribution in [0, 0.1) is 0 Å². The summed E-state index contributed by atoms with van der Waals surface area (Å²) in [5.74, 6) is 0.530. The van der Waals surface area contributed by atoms with Crippen LogP contribution in [-0.2, 0) is 16.0 Å². The molecule has 17 heavy (non-hydrogen) atoms. The van der Waals surface area contributed by atoms with Crippen LogP contribution < -0.4 is 4.90 Å².